The van der Waals surface area contributed by atoms with Gasteiger partial charge in [-0.05, 0) is 12.1 Å². The number of nitrogens with two attached hydrogens (primary N) is 1. The van der Waals surface area contributed by atoms with Crippen molar-refractivity contribution < 1.29 is 0 Å². The third kappa shape index (κ3) is 2.90. The Kier molecular flexibility index (Phi) is 3.59. The first kappa shape index (κ1) is 11.4. The van der Waals surface area contributed by atoms with Crippen LogP contribution < -0.4 is 5.73 Å². The van der Waals surface area contributed by atoms with E-state index in [9.17, 15) is 0 Å². The Bertz CT molecular complexity index is 430. The fourth-order valence-electron chi connectivity index (χ4n) is 1.17. The highest BCUT2D eigenvalue weighted by molar-refractivity contribution is 6.32. The molecular weight excluding hydrogens is 210 g/mol. The molecule has 1 rings (SSSR count). The first-order valence-corrected chi connectivity index (χ1v) is 4.76. The second-order valence-electron chi connectivity index (χ2n) is 3.36. The molecule has 0 aliphatic heterocycles. The molecule has 3 nitrogen and oxygen atoms in total. The SMILES string of the molecule is CN(C)C=C(C#N)c1ccc(N)cc1Cl. The van der Waals surface area contributed by atoms with Gasteiger partial charge in [-0.25, -0.2) is 0 Å². The van der Waals surface area contributed by atoms with E-state index in [0.29, 0.717) is 21.8 Å². The van der Waals surface area contributed by atoms with Crippen molar-refractivity contribution in [2.45, 2.75) is 0 Å². The standard InChI is InChI=1S/C11H12ClN3/c1-15(2)7-8(6-13)10-4-3-9(14)5-11(10)12/h3-5,7H,14H2,1-2H3. The van der Waals surface area contributed by atoms with E-state index in [1.54, 1.807) is 29.3 Å². The molecule has 2 N–H and O–H groups in total. The molecule has 4 heteroatoms. The van der Waals surface area contributed by atoms with Crippen LogP contribution in [0, 0.1) is 11.3 Å². The van der Waals surface area contributed by atoms with Gasteiger partial charge < -0.3 is 10.6 Å². The number of nitrogens with zero attached hydrogens (tertiary/aromatic N) is 2. The maximum Gasteiger partial charge on any atom is 0.101 e. The van der Waals surface area contributed by atoms with Crippen LogP contribution in [0.4, 0.5) is 5.69 Å². The predicted octanol–water partition coefficient (Wildman–Crippen LogP) is 2.35. The van der Waals surface area contributed by atoms with Crippen LogP contribution in [0.15, 0.2) is 24.4 Å². The molecule has 0 fully saturated rings. The molecule has 1 aromatic rings. The molecule has 0 saturated carbocycles. The van der Waals surface area contributed by atoms with E-state index in [2.05, 4.69) is 6.07 Å². The third-order valence-corrected chi connectivity index (χ3v) is 2.10. The summed E-state index contributed by atoms with van der Waals surface area (Å²) in [6.45, 7) is 0. The molecule has 0 atom stereocenters. The monoisotopic (exact) mass is 221 g/mol. The largest absolute Gasteiger partial charge is 0.399 e. The van der Waals surface area contributed by atoms with Gasteiger partial charge in [0.15, 0.2) is 0 Å². The zero-order chi connectivity index (χ0) is 11.4. The molecule has 0 bridgehead atoms. The Balaban J connectivity index is 3.21. The molecule has 78 valence electrons. The first-order valence-electron chi connectivity index (χ1n) is 4.38. The number of allylic oxidation sites excluding steroid dienone is 1. The van der Waals surface area contributed by atoms with E-state index in [4.69, 9.17) is 22.6 Å². The minimum Gasteiger partial charge on any atom is -0.399 e. The molecule has 0 saturated heterocycles. The minimum absolute atomic E-state index is 0.490. The number of anilines is 1. The number of halogens is 1. The van der Waals surface area contributed by atoms with Gasteiger partial charge in [-0.1, -0.05) is 17.7 Å². The lowest BCUT2D eigenvalue weighted by atomic mass is 10.1. The van der Waals surface area contributed by atoms with Crippen molar-refractivity contribution in [3.05, 3.63) is 35.0 Å². The smallest absolute Gasteiger partial charge is 0.101 e. The van der Waals surface area contributed by atoms with E-state index in [0.717, 1.165) is 0 Å². The van der Waals surface area contributed by atoms with Crippen molar-refractivity contribution >= 4 is 22.9 Å². The average molecular weight is 222 g/mol. The maximum atomic E-state index is 8.99. The van der Waals surface area contributed by atoms with Gasteiger partial charge in [0.25, 0.3) is 0 Å². The number of nitriles is 1. The molecule has 0 spiro atoms. The third-order valence-electron chi connectivity index (χ3n) is 1.79. The molecule has 0 radical (unpaired) electrons. The summed E-state index contributed by atoms with van der Waals surface area (Å²) in [7, 11) is 3.70. The van der Waals surface area contributed by atoms with E-state index in [1.165, 1.54) is 0 Å². The Morgan fingerprint density at radius 2 is 2.20 bits per heavy atom. The summed E-state index contributed by atoms with van der Waals surface area (Å²) in [4.78, 5) is 1.80. The van der Waals surface area contributed by atoms with Crippen LogP contribution in [-0.2, 0) is 0 Å². The molecule has 0 aromatic heterocycles. The summed E-state index contributed by atoms with van der Waals surface area (Å²) in [6.07, 6.45) is 1.72. The zero-order valence-corrected chi connectivity index (χ0v) is 9.42. The molecule has 0 aliphatic rings. The second kappa shape index (κ2) is 4.72. The normalized spacial score (nSPS) is 10.9. The van der Waals surface area contributed by atoms with Gasteiger partial charge in [-0.15, -0.1) is 0 Å². The maximum absolute atomic E-state index is 8.99. The Labute approximate surface area is 94.4 Å². The fourth-order valence-corrected chi connectivity index (χ4v) is 1.46. The second-order valence-corrected chi connectivity index (χ2v) is 3.76. The quantitative estimate of drug-likeness (QED) is 0.616. The minimum atomic E-state index is 0.490. The zero-order valence-electron chi connectivity index (χ0n) is 8.66. The van der Waals surface area contributed by atoms with E-state index >= 15 is 0 Å². The summed E-state index contributed by atoms with van der Waals surface area (Å²) >= 11 is 6.00. The van der Waals surface area contributed by atoms with Crippen molar-refractivity contribution in [3.63, 3.8) is 0 Å². The lowest BCUT2D eigenvalue weighted by Gasteiger charge is -2.08. The highest BCUT2D eigenvalue weighted by Gasteiger charge is 2.06. The van der Waals surface area contributed by atoms with E-state index in [-0.39, 0.29) is 0 Å². The first-order chi connectivity index (χ1) is 7.04. The number of hydrogen-bond acceptors (Lipinski definition) is 3. The predicted molar refractivity (Wildman–Crippen MR) is 63.1 cm³/mol. The summed E-state index contributed by atoms with van der Waals surface area (Å²) in [5.74, 6) is 0. The van der Waals surface area contributed by atoms with E-state index in [1.807, 2.05) is 14.1 Å². The molecule has 0 unspecified atom stereocenters. The molecule has 1 aromatic carbocycles. The van der Waals surface area contributed by atoms with Gasteiger partial charge in [-0.2, -0.15) is 5.26 Å². The Morgan fingerprint density at radius 3 is 2.67 bits per heavy atom. The average Bonchev–Trinajstić information content (AvgIpc) is 2.14. The van der Waals surface area contributed by atoms with Crippen molar-refractivity contribution in [2.24, 2.45) is 0 Å². The number of rotatable bonds is 2. The Morgan fingerprint density at radius 1 is 1.53 bits per heavy atom. The van der Waals surface area contributed by atoms with Gasteiger partial charge in [0.05, 0.1) is 10.6 Å². The Hall–Kier alpha value is -1.66. The van der Waals surface area contributed by atoms with Crippen molar-refractivity contribution in [3.8, 4) is 6.07 Å². The van der Waals surface area contributed by atoms with Gasteiger partial charge >= 0.3 is 0 Å². The van der Waals surface area contributed by atoms with Gasteiger partial charge in [-0.3, -0.25) is 0 Å². The summed E-state index contributed by atoms with van der Waals surface area (Å²) in [5, 5.41) is 9.48. The fraction of sp³-hybridized carbons (Fsp3) is 0.182. The highest BCUT2D eigenvalue weighted by atomic mass is 35.5. The summed E-state index contributed by atoms with van der Waals surface area (Å²) < 4.78 is 0. The molecule has 15 heavy (non-hydrogen) atoms. The van der Waals surface area contributed by atoms with Gasteiger partial charge in [0, 0.05) is 31.5 Å². The van der Waals surface area contributed by atoms with Crippen molar-refractivity contribution in [1.29, 1.82) is 5.26 Å². The van der Waals surface area contributed by atoms with Gasteiger partial charge in [0.1, 0.15) is 6.07 Å². The van der Waals surface area contributed by atoms with E-state index < -0.39 is 0 Å². The van der Waals surface area contributed by atoms with Crippen LogP contribution in [0.1, 0.15) is 5.56 Å². The summed E-state index contributed by atoms with van der Waals surface area (Å²) in [6, 6.07) is 7.21. The van der Waals surface area contributed by atoms with Crippen LogP contribution in [0.25, 0.3) is 5.57 Å². The molecule has 0 amide bonds. The lowest BCUT2D eigenvalue weighted by molar-refractivity contribution is 0.566. The molecule has 0 aliphatic carbocycles. The number of hydrogen-bond donors (Lipinski definition) is 1. The molecule has 0 heterocycles. The summed E-state index contributed by atoms with van der Waals surface area (Å²) in [5.41, 5.74) is 7.38. The van der Waals surface area contributed by atoms with Crippen LogP contribution >= 0.6 is 11.6 Å². The van der Waals surface area contributed by atoms with Crippen LogP contribution in [0.5, 0.6) is 0 Å². The van der Waals surface area contributed by atoms with Crippen molar-refractivity contribution in [1.82, 2.24) is 4.90 Å². The number of benzene rings is 1. The highest BCUT2D eigenvalue weighted by Crippen LogP contribution is 2.25. The van der Waals surface area contributed by atoms with Crippen LogP contribution in [-0.4, -0.2) is 19.0 Å². The number of nitrogen functional groups attached to an aromatic ring is 1. The lowest BCUT2D eigenvalue weighted by Crippen LogP contribution is -2.02. The molecular formula is C11H12ClN3. The van der Waals surface area contributed by atoms with Crippen LogP contribution in [0.2, 0.25) is 5.02 Å². The van der Waals surface area contributed by atoms with Crippen molar-refractivity contribution in [2.75, 3.05) is 19.8 Å². The van der Waals surface area contributed by atoms with Crippen LogP contribution in [0.3, 0.4) is 0 Å². The topological polar surface area (TPSA) is 53.0 Å². The van der Waals surface area contributed by atoms with Gasteiger partial charge in [0.2, 0.25) is 0 Å².